The third-order valence-corrected chi connectivity index (χ3v) is 4.17. The monoisotopic (exact) mass is 376 g/mol. The quantitative estimate of drug-likeness (QED) is 0.486. The molecule has 28 heavy (non-hydrogen) atoms. The molecule has 0 atom stereocenters. The zero-order chi connectivity index (χ0) is 19.9. The van der Waals surface area contributed by atoms with E-state index in [2.05, 4.69) is 15.3 Å². The summed E-state index contributed by atoms with van der Waals surface area (Å²) in [6.07, 6.45) is 6.62. The van der Waals surface area contributed by atoms with E-state index in [-0.39, 0.29) is 19.5 Å². The molecule has 0 spiro atoms. The zero-order valence-electron chi connectivity index (χ0n) is 15.8. The molecule has 1 heterocycles. The van der Waals surface area contributed by atoms with Crippen molar-refractivity contribution in [2.45, 2.75) is 6.42 Å². The largest absolute Gasteiger partial charge is 0.378 e. The summed E-state index contributed by atoms with van der Waals surface area (Å²) in [5, 5.41) is 2.90. The van der Waals surface area contributed by atoms with Gasteiger partial charge in [0.2, 0.25) is 11.7 Å². The summed E-state index contributed by atoms with van der Waals surface area (Å²) in [6.45, 7) is 0. The van der Waals surface area contributed by atoms with E-state index >= 15 is 0 Å². The molecule has 2 N–H and O–H groups in total. The third kappa shape index (κ3) is 5.17. The van der Waals surface area contributed by atoms with E-state index < -0.39 is 0 Å². The van der Waals surface area contributed by atoms with E-state index in [9.17, 15) is 9.59 Å². The second-order valence-electron chi connectivity index (χ2n) is 6.54. The number of amides is 1. The van der Waals surface area contributed by atoms with Crippen LogP contribution in [0.5, 0.6) is 0 Å². The molecule has 3 rings (SSSR count). The number of imidazole rings is 1. The van der Waals surface area contributed by atoms with Crippen LogP contribution in [0, 0.1) is 0 Å². The number of carbonyl (C=O) groups excluding carboxylic acids is 2. The number of ketones is 1. The fourth-order valence-corrected chi connectivity index (χ4v) is 2.63. The van der Waals surface area contributed by atoms with Crippen molar-refractivity contribution in [2.75, 3.05) is 24.3 Å². The maximum Gasteiger partial charge on any atom is 0.228 e. The van der Waals surface area contributed by atoms with Crippen molar-refractivity contribution in [3.63, 3.8) is 0 Å². The molecule has 0 aliphatic rings. The predicted molar refractivity (Wildman–Crippen MR) is 114 cm³/mol. The van der Waals surface area contributed by atoms with Gasteiger partial charge in [0.05, 0.1) is 6.42 Å². The number of H-pyrrole nitrogens is 1. The van der Waals surface area contributed by atoms with Crippen molar-refractivity contribution in [3.8, 4) is 0 Å². The van der Waals surface area contributed by atoms with Gasteiger partial charge in [0.15, 0.2) is 5.82 Å². The Kier molecular flexibility index (Phi) is 6.01. The molecule has 0 radical (unpaired) electrons. The fraction of sp³-hybridized carbons (Fsp3) is 0.136. The van der Waals surface area contributed by atoms with Crippen LogP contribution >= 0.6 is 0 Å². The summed E-state index contributed by atoms with van der Waals surface area (Å²) in [5.41, 5.74) is 3.62. The van der Waals surface area contributed by atoms with Crippen LogP contribution in [0.1, 0.15) is 23.2 Å². The number of aromatic nitrogens is 2. The Morgan fingerprint density at radius 1 is 1.11 bits per heavy atom. The Morgan fingerprint density at radius 3 is 2.43 bits per heavy atom. The Hall–Kier alpha value is -3.67. The molecule has 2 aromatic carbocycles. The summed E-state index contributed by atoms with van der Waals surface area (Å²) in [6, 6.07) is 15.2. The topological polar surface area (TPSA) is 78.1 Å². The summed E-state index contributed by atoms with van der Waals surface area (Å²) in [7, 11) is 3.94. The minimum Gasteiger partial charge on any atom is -0.378 e. The van der Waals surface area contributed by atoms with E-state index in [1.165, 1.54) is 12.3 Å². The molecular weight excluding hydrogens is 352 g/mol. The van der Waals surface area contributed by atoms with Gasteiger partial charge in [-0.3, -0.25) is 9.59 Å². The highest BCUT2D eigenvalue weighted by Gasteiger charge is 2.06. The lowest BCUT2D eigenvalue weighted by Crippen LogP contribution is -2.14. The van der Waals surface area contributed by atoms with Crippen molar-refractivity contribution in [1.82, 2.24) is 9.97 Å². The Bertz CT molecular complexity index is 963. The van der Waals surface area contributed by atoms with Crippen LogP contribution in [0.2, 0.25) is 0 Å². The maximum absolute atomic E-state index is 12.2. The molecule has 0 unspecified atom stereocenters. The molecule has 0 saturated heterocycles. The average molecular weight is 376 g/mol. The molecule has 0 saturated carbocycles. The second kappa shape index (κ2) is 8.81. The van der Waals surface area contributed by atoms with Gasteiger partial charge >= 0.3 is 0 Å². The molecule has 1 amide bonds. The number of hydrogen-bond acceptors (Lipinski definition) is 4. The summed E-state index contributed by atoms with van der Waals surface area (Å²) >= 11 is 0. The summed E-state index contributed by atoms with van der Waals surface area (Å²) in [5.74, 6) is 0.0470. The minimum absolute atomic E-state index is 0. The highest BCUT2D eigenvalue weighted by Crippen LogP contribution is 2.16. The predicted octanol–water partition coefficient (Wildman–Crippen LogP) is 3.80. The minimum atomic E-state index is -0.186. The number of carbonyl (C=O) groups is 2. The third-order valence-electron chi connectivity index (χ3n) is 4.17. The lowest BCUT2D eigenvalue weighted by atomic mass is 10.1. The van der Waals surface area contributed by atoms with Gasteiger partial charge in [-0.15, -0.1) is 0 Å². The molecule has 0 bridgehead atoms. The highest BCUT2D eigenvalue weighted by atomic mass is 16.1. The van der Waals surface area contributed by atoms with E-state index in [4.69, 9.17) is 0 Å². The average Bonchev–Trinajstić information content (AvgIpc) is 3.22. The molecule has 144 valence electrons. The summed E-state index contributed by atoms with van der Waals surface area (Å²) in [4.78, 5) is 32.8. The molecule has 0 aliphatic heterocycles. The van der Waals surface area contributed by atoms with Crippen LogP contribution in [0.3, 0.4) is 0 Å². The van der Waals surface area contributed by atoms with Gasteiger partial charge in [0, 0.05) is 39.3 Å². The van der Waals surface area contributed by atoms with E-state index in [0.29, 0.717) is 5.82 Å². The number of anilines is 2. The van der Waals surface area contributed by atoms with E-state index in [1.807, 2.05) is 67.5 Å². The molecule has 0 aliphatic carbocycles. The Balaban J connectivity index is 0.00000300. The van der Waals surface area contributed by atoms with Gasteiger partial charge in [0.25, 0.3) is 0 Å². The Morgan fingerprint density at radius 2 is 1.82 bits per heavy atom. The summed E-state index contributed by atoms with van der Waals surface area (Å²) < 4.78 is 0. The first kappa shape index (κ1) is 19.1. The molecule has 3 aromatic rings. The van der Waals surface area contributed by atoms with Crippen molar-refractivity contribution in [3.05, 3.63) is 84.0 Å². The molecule has 1 aromatic heterocycles. The smallest absolute Gasteiger partial charge is 0.228 e. The number of hydrogen-bond donors (Lipinski definition) is 2. The van der Waals surface area contributed by atoms with Gasteiger partial charge in [-0.1, -0.05) is 30.3 Å². The number of aromatic amines is 1. The van der Waals surface area contributed by atoms with Crippen LogP contribution in [0.15, 0.2) is 67.0 Å². The number of nitrogens with one attached hydrogen (secondary N) is 2. The zero-order valence-corrected chi connectivity index (χ0v) is 15.8. The second-order valence-corrected chi connectivity index (χ2v) is 6.54. The van der Waals surface area contributed by atoms with Gasteiger partial charge in [-0.25, -0.2) is 4.98 Å². The fourth-order valence-electron chi connectivity index (χ4n) is 2.63. The molecule has 6 nitrogen and oxygen atoms in total. The van der Waals surface area contributed by atoms with Crippen molar-refractivity contribution in [2.24, 2.45) is 0 Å². The SMILES string of the molecule is CN(C)c1ccc(NC(=O)Cc2ccc(/C=C/C(=O)c3ncc[nH]3)cc2)cc1.[HH]. The van der Waals surface area contributed by atoms with Gasteiger partial charge < -0.3 is 15.2 Å². The lowest BCUT2D eigenvalue weighted by molar-refractivity contribution is -0.115. The molecule has 6 heteroatoms. The van der Waals surface area contributed by atoms with Crippen LogP contribution in [0.25, 0.3) is 6.08 Å². The molecule has 0 fully saturated rings. The number of nitrogens with zero attached hydrogens (tertiary/aromatic N) is 2. The normalized spacial score (nSPS) is 10.8. The highest BCUT2D eigenvalue weighted by molar-refractivity contribution is 6.04. The maximum atomic E-state index is 12.2. The number of allylic oxidation sites excluding steroid dienone is 1. The first-order valence-corrected chi connectivity index (χ1v) is 8.89. The Labute approximate surface area is 165 Å². The first-order chi connectivity index (χ1) is 13.5. The van der Waals surface area contributed by atoms with Crippen LogP contribution in [0.4, 0.5) is 11.4 Å². The number of rotatable bonds is 7. The van der Waals surface area contributed by atoms with Gasteiger partial charge in [0.1, 0.15) is 0 Å². The molecular formula is C22H24N4O2. The van der Waals surface area contributed by atoms with Crippen LogP contribution < -0.4 is 10.2 Å². The van der Waals surface area contributed by atoms with E-state index in [0.717, 1.165) is 22.5 Å². The van der Waals surface area contributed by atoms with E-state index in [1.54, 1.807) is 12.3 Å². The van der Waals surface area contributed by atoms with Crippen LogP contribution in [-0.4, -0.2) is 35.8 Å². The van der Waals surface area contributed by atoms with Gasteiger partial charge in [-0.05, 0) is 41.5 Å². The van der Waals surface area contributed by atoms with Gasteiger partial charge in [-0.2, -0.15) is 0 Å². The van der Waals surface area contributed by atoms with Crippen molar-refractivity contribution in [1.29, 1.82) is 0 Å². The standard InChI is InChI=1S/C22H22N4O2.H2/c1-26(2)19-10-8-18(9-11-19)25-21(28)15-17-5-3-16(4-6-17)7-12-20(27)22-23-13-14-24-22;/h3-14H,15H2,1-2H3,(H,23,24)(H,25,28);1H/b12-7+;. The first-order valence-electron chi connectivity index (χ1n) is 8.89. The van der Waals surface area contributed by atoms with Crippen LogP contribution in [-0.2, 0) is 11.2 Å². The van der Waals surface area contributed by atoms with Crippen molar-refractivity contribution >= 4 is 29.1 Å². The van der Waals surface area contributed by atoms with Crippen molar-refractivity contribution < 1.29 is 11.0 Å². The number of benzene rings is 2. The lowest BCUT2D eigenvalue weighted by Gasteiger charge is -2.13.